The molecule has 1 saturated heterocycles. The molecule has 0 unspecified atom stereocenters. The smallest absolute Gasteiger partial charge is 0.348 e. The van der Waals surface area contributed by atoms with Gasteiger partial charge in [0.2, 0.25) is 5.60 Å². The second kappa shape index (κ2) is 6.58. The summed E-state index contributed by atoms with van der Waals surface area (Å²) in [5.74, 6) is -0.559. The fourth-order valence-corrected chi connectivity index (χ4v) is 2.98. The third-order valence-corrected chi connectivity index (χ3v) is 4.46. The summed E-state index contributed by atoms with van der Waals surface area (Å²) in [6.07, 6.45) is 1.83. The van der Waals surface area contributed by atoms with Gasteiger partial charge in [-0.25, -0.2) is 4.79 Å². The first-order valence-electron chi connectivity index (χ1n) is 8.11. The van der Waals surface area contributed by atoms with Crippen molar-refractivity contribution in [2.75, 3.05) is 13.1 Å². The summed E-state index contributed by atoms with van der Waals surface area (Å²) in [5.41, 5.74) is 0.129. The Morgan fingerprint density at radius 2 is 1.96 bits per heavy atom. The molecule has 0 spiro atoms. The standard InChI is InChI=1S/C18H20N2O5/c1-12-5-6-14(13(2)19-12)25-18(17(22)23)7-9-20(10-8-18)16(21)15-4-3-11-24-15/h3-6,11H,7-10H2,1-2H3,(H,22,23). The van der Waals surface area contributed by atoms with Crippen molar-refractivity contribution in [1.82, 2.24) is 9.88 Å². The lowest BCUT2D eigenvalue weighted by Crippen LogP contribution is -2.54. The number of aryl methyl sites for hydroxylation is 2. The van der Waals surface area contributed by atoms with Gasteiger partial charge in [-0.3, -0.25) is 9.78 Å². The Kier molecular flexibility index (Phi) is 4.48. The molecule has 25 heavy (non-hydrogen) atoms. The number of pyridine rings is 1. The number of amides is 1. The lowest BCUT2D eigenvalue weighted by Gasteiger charge is -2.38. The van der Waals surface area contributed by atoms with Crippen molar-refractivity contribution in [3.05, 3.63) is 47.7 Å². The first kappa shape index (κ1) is 17.0. The molecule has 3 heterocycles. The maximum absolute atomic E-state index is 12.3. The number of carbonyl (C=O) groups is 2. The molecular weight excluding hydrogens is 324 g/mol. The van der Waals surface area contributed by atoms with Gasteiger partial charge in [0.1, 0.15) is 5.75 Å². The Balaban J connectivity index is 1.75. The number of hydrogen-bond donors (Lipinski definition) is 1. The molecule has 1 amide bonds. The average Bonchev–Trinajstić information content (AvgIpc) is 3.12. The summed E-state index contributed by atoms with van der Waals surface area (Å²) in [6.45, 7) is 4.21. The van der Waals surface area contributed by atoms with Crippen LogP contribution in [-0.4, -0.2) is 45.6 Å². The number of hydrogen-bond acceptors (Lipinski definition) is 5. The molecule has 1 fully saturated rings. The molecule has 0 aliphatic carbocycles. The Bertz CT molecular complexity index is 777. The molecule has 7 heteroatoms. The van der Waals surface area contributed by atoms with E-state index in [1.165, 1.54) is 6.26 Å². The van der Waals surface area contributed by atoms with Crippen molar-refractivity contribution < 1.29 is 23.8 Å². The second-order valence-corrected chi connectivity index (χ2v) is 6.21. The quantitative estimate of drug-likeness (QED) is 0.916. The molecule has 0 atom stereocenters. The molecule has 1 aliphatic heterocycles. The van der Waals surface area contributed by atoms with Gasteiger partial charge in [-0.05, 0) is 38.1 Å². The summed E-state index contributed by atoms with van der Waals surface area (Å²) >= 11 is 0. The molecule has 7 nitrogen and oxygen atoms in total. The van der Waals surface area contributed by atoms with Gasteiger partial charge < -0.3 is 19.2 Å². The normalized spacial score (nSPS) is 16.5. The summed E-state index contributed by atoms with van der Waals surface area (Å²) < 4.78 is 11.0. The van der Waals surface area contributed by atoms with Crippen LogP contribution in [-0.2, 0) is 4.79 Å². The summed E-state index contributed by atoms with van der Waals surface area (Å²) in [6, 6.07) is 6.77. The number of carboxylic acids is 1. The number of furan rings is 1. The topological polar surface area (TPSA) is 92.9 Å². The van der Waals surface area contributed by atoms with Gasteiger partial charge in [0.15, 0.2) is 5.76 Å². The predicted molar refractivity (Wildman–Crippen MR) is 88.6 cm³/mol. The van der Waals surface area contributed by atoms with Crippen LogP contribution in [0, 0.1) is 13.8 Å². The minimum absolute atomic E-state index is 0.197. The van der Waals surface area contributed by atoms with Crippen molar-refractivity contribution >= 4 is 11.9 Å². The number of likely N-dealkylation sites (tertiary alicyclic amines) is 1. The number of rotatable bonds is 4. The Morgan fingerprint density at radius 1 is 1.24 bits per heavy atom. The van der Waals surface area contributed by atoms with Crippen LogP contribution in [0.2, 0.25) is 0 Å². The molecule has 0 radical (unpaired) electrons. The van der Waals surface area contributed by atoms with E-state index in [9.17, 15) is 14.7 Å². The van der Waals surface area contributed by atoms with Gasteiger partial charge in [0.25, 0.3) is 5.91 Å². The second-order valence-electron chi connectivity index (χ2n) is 6.21. The van der Waals surface area contributed by atoms with Crippen LogP contribution in [0.5, 0.6) is 5.75 Å². The van der Waals surface area contributed by atoms with Gasteiger partial charge in [-0.1, -0.05) is 0 Å². The number of piperidine rings is 1. The van der Waals surface area contributed by atoms with E-state index in [0.29, 0.717) is 11.4 Å². The molecular formula is C18H20N2O5. The minimum atomic E-state index is -1.36. The van der Waals surface area contributed by atoms with Gasteiger partial charge in [-0.15, -0.1) is 0 Å². The van der Waals surface area contributed by atoms with Gasteiger partial charge in [0.05, 0.1) is 12.0 Å². The van der Waals surface area contributed by atoms with Crippen LogP contribution in [0.15, 0.2) is 34.9 Å². The minimum Gasteiger partial charge on any atom is -0.478 e. The third-order valence-electron chi connectivity index (χ3n) is 4.46. The molecule has 0 bridgehead atoms. The van der Waals surface area contributed by atoms with Gasteiger partial charge in [-0.2, -0.15) is 0 Å². The fraction of sp³-hybridized carbons (Fsp3) is 0.389. The van der Waals surface area contributed by atoms with E-state index >= 15 is 0 Å². The fourth-order valence-electron chi connectivity index (χ4n) is 2.98. The highest BCUT2D eigenvalue weighted by atomic mass is 16.5. The maximum Gasteiger partial charge on any atom is 0.348 e. The Morgan fingerprint density at radius 3 is 2.52 bits per heavy atom. The maximum atomic E-state index is 12.3. The predicted octanol–water partition coefficient (Wildman–Crippen LogP) is 2.43. The zero-order chi connectivity index (χ0) is 18.0. The summed E-state index contributed by atoms with van der Waals surface area (Å²) in [7, 11) is 0. The number of carboxylic acid groups (broad SMARTS) is 1. The Hall–Kier alpha value is -2.83. The largest absolute Gasteiger partial charge is 0.478 e. The van der Waals surface area contributed by atoms with Gasteiger partial charge >= 0.3 is 5.97 Å². The third kappa shape index (κ3) is 3.35. The highest BCUT2D eigenvalue weighted by molar-refractivity contribution is 5.91. The number of carbonyl (C=O) groups excluding carboxylic acids is 1. The van der Waals surface area contributed by atoms with Crippen molar-refractivity contribution in [2.24, 2.45) is 0 Å². The van der Waals surface area contributed by atoms with E-state index in [1.807, 2.05) is 6.92 Å². The highest BCUT2D eigenvalue weighted by Gasteiger charge is 2.45. The highest BCUT2D eigenvalue weighted by Crippen LogP contribution is 2.31. The van der Waals surface area contributed by atoms with E-state index in [0.717, 1.165) is 5.69 Å². The van der Waals surface area contributed by atoms with Crippen LogP contribution < -0.4 is 4.74 Å². The first-order valence-corrected chi connectivity index (χ1v) is 8.11. The number of aliphatic carboxylic acids is 1. The molecule has 2 aromatic rings. The monoisotopic (exact) mass is 344 g/mol. The lowest BCUT2D eigenvalue weighted by atomic mass is 9.90. The van der Waals surface area contributed by atoms with Crippen molar-refractivity contribution in [1.29, 1.82) is 0 Å². The number of ether oxygens (including phenoxy) is 1. The number of nitrogens with zero attached hydrogens (tertiary/aromatic N) is 2. The molecule has 0 aromatic carbocycles. The van der Waals surface area contributed by atoms with Crippen LogP contribution in [0.4, 0.5) is 0 Å². The zero-order valence-electron chi connectivity index (χ0n) is 14.2. The van der Waals surface area contributed by atoms with Crippen molar-refractivity contribution in [2.45, 2.75) is 32.3 Å². The lowest BCUT2D eigenvalue weighted by molar-refractivity contribution is -0.159. The van der Waals surface area contributed by atoms with Crippen LogP contribution in [0.25, 0.3) is 0 Å². The van der Waals surface area contributed by atoms with E-state index in [2.05, 4.69) is 4.98 Å². The number of aromatic nitrogens is 1. The average molecular weight is 344 g/mol. The molecule has 1 aliphatic rings. The summed E-state index contributed by atoms with van der Waals surface area (Å²) in [4.78, 5) is 30.1. The molecule has 2 aromatic heterocycles. The van der Waals surface area contributed by atoms with Crippen LogP contribution in [0.3, 0.4) is 0 Å². The van der Waals surface area contributed by atoms with Crippen LogP contribution >= 0.6 is 0 Å². The Labute approximate surface area is 145 Å². The van der Waals surface area contributed by atoms with Gasteiger partial charge in [0, 0.05) is 31.6 Å². The molecule has 3 rings (SSSR count). The van der Waals surface area contributed by atoms with Crippen molar-refractivity contribution in [3.63, 3.8) is 0 Å². The first-order chi connectivity index (χ1) is 11.9. The van der Waals surface area contributed by atoms with Crippen molar-refractivity contribution in [3.8, 4) is 5.75 Å². The SMILES string of the molecule is Cc1ccc(OC2(C(=O)O)CCN(C(=O)c3ccco3)CC2)c(C)n1. The zero-order valence-corrected chi connectivity index (χ0v) is 14.2. The van der Waals surface area contributed by atoms with E-state index in [1.54, 1.807) is 36.1 Å². The molecule has 132 valence electrons. The summed E-state index contributed by atoms with van der Waals surface area (Å²) in [5, 5.41) is 9.74. The molecule has 1 N–H and O–H groups in total. The van der Waals surface area contributed by atoms with E-state index in [-0.39, 0.29) is 37.6 Å². The van der Waals surface area contributed by atoms with E-state index in [4.69, 9.17) is 9.15 Å². The van der Waals surface area contributed by atoms with Crippen LogP contribution in [0.1, 0.15) is 34.8 Å². The van der Waals surface area contributed by atoms with E-state index < -0.39 is 11.6 Å². The molecule has 0 saturated carbocycles.